The molecule has 1 aliphatic rings. The lowest BCUT2D eigenvalue weighted by atomic mass is 10.2. The van der Waals surface area contributed by atoms with Crippen LogP contribution in [-0.2, 0) is 14.3 Å². The van der Waals surface area contributed by atoms with Crippen LogP contribution in [0.3, 0.4) is 0 Å². The minimum Gasteiger partial charge on any atom is -0.462 e. The fraction of sp³-hybridized carbons (Fsp3) is 0.857. The highest BCUT2D eigenvalue weighted by Crippen LogP contribution is 2.11. The third kappa shape index (κ3) is 3.20. The summed E-state index contributed by atoms with van der Waals surface area (Å²) >= 11 is 3.01. The van der Waals surface area contributed by atoms with E-state index in [0.717, 1.165) is 19.4 Å². The van der Waals surface area contributed by atoms with Gasteiger partial charge in [-0.3, -0.25) is 4.79 Å². The molecule has 0 aromatic carbocycles. The molecular formula is C7H11BrO3. The zero-order chi connectivity index (χ0) is 8.10. The van der Waals surface area contributed by atoms with Gasteiger partial charge in [-0.25, -0.2) is 0 Å². The summed E-state index contributed by atoms with van der Waals surface area (Å²) in [4.78, 5) is 10.6. The number of hydrogen-bond acceptors (Lipinski definition) is 3. The first-order chi connectivity index (χ1) is 5.33. The summed E-state index contributed by atoms with van der Waals surface area (Å²) in [5.41, 5.74) is 0. The van der Waals surface area contributed by atoms with Crippen molar-refractivity contribution in [3.05, 3.63) is 0 Å². The van der Waals surface area contributed by atoms with E-state index < -0.39 is 0 Å². The number of halogens is 1. The van der Waals surface area contributed by atoms with Crippen molar-refractivity contribution >= 4 is 21.9 Å². The molecule has 0 aromatic heterocycles. The largest absolute Gasteiger partial charge is 0.462 e. The first-order valence-electron chi connectivity index (χ1n) is 3.66. The van der Waals surface area contributed by atoms with Crippen molar-refractivity contribution in [3.63, 3.8) is 0 Å². The summed E-state index contributed by atoms with van der Waals surface area (Å²) in [5.74, 6) is -0.222. The van der Waals surface area contributed by atoms with Gasteiger partial charge < -0.3 is 9.47 Å². The van der Waals surface area contributed by atoms with Gasteiger partial charge in [0, 0.05) is 6.61 Å². The van der Waals surface area contributed by atoms with Gasteiger partial charge in [-0.2, -0.15) is 0 Å². The molecule has 1 unspecified atom stereocenters. The second kappa shape index (κ2) is 4.72. The normalized spacial score (nSPS) is 23.5. The Morgan fingerprint density at radius 2 is 2.55 bits per heavy atom. The fourth-order valence-corrected chi connectivity index (χ4v) is 1.16. The van der Waals surface area contributed by atoms with Gasteiger partial charge in [0.25, 0.3) is 0 Å². The summed E-state index contributed by atoms with van der Waals surface area (Å²) in [6.07, 6.45) is 2.23. The highest BCUT2D eigenvalue weighted by molar-refractivity contribution is 9.09. The Kier molecular flexibility index (Phi) is 3.86. The van der Waals surface area contributed by atoms with E-state index in [0.29, 0.717) is 6.61 Å². The SMILES string of the molecule is O=C(CBr)OCC1CCCO1. The number of alkyl halides is 1. The number of carbonyl (C=O) groups is 1. The Morgan fingerprint density at radius 3 is 3.09 bits per heavy atom. The van der Waals surface area contributed by atoms with Gasteiger partial charge in [0.05, 0.1) is 6.10 Å². The first-order valence-corrected chi connectivity index (χ1v) is 4.78. The molecule has 1 heterocycles. The molecule has 0 aromatic rings. The van der Waals surface area contributed by atoms with Crippen LogP contribution >= 0.6 is 15.9 Å². The minimum atomic E-state index is -0.222. The molecule has 1 rings (SSSR count). The maximum absolute atomic E-state index is 10.6. The van der Waals surface area contributed by atoms with Gasteiger partial charge in [-0.05, 0) is 12.8 Å². The van der Waals surface area contributed by atoms with Crippen LogP contribution in [0.4, 0.5) is 0 Å². The van der Waals surface area contributed by atoms with Crippen molar-refractivity contribution in [1.82, 2.24) is 0 Å². The summed E-state index contributed by atoms with van der Waals surface area (Å²) in [6.45, 7) is 1.21. The molecule has 1 atom stereocenters. The van der Waals surface area contributed by atoms with Crippen LogP contribution in [0.2, 0.25) is 0 Å². The fourth-order valence-electron chi connectivity index (χ4n) is 1.00. The second-order valence-electron chi connectivity index (χ2n) is 2.45. The topological polar surface area (TPSA) is 35.5 Å². The lowest BCUT2D eigenvalue weighted by molar-refractivity contribution is -0.143. The average molecular weight is 223 g/mol. The number of rotatable bonds is 3. The van der Waals surface area contributed by atoms with Gasteiger partial charge in [-0.1, -0.05) is 15.9 Å². The predicted octanol–water partition coefficient (Wildman–Crippen LogP) is 1.10. The van der Waals surface area contributed by atoms with E-state index in [9.17, 15) is 4.79 Å². The molecule has 4 heteroatoms. The lowest BCUT2D eigenvalue weighted by Gasteiger charge is -2.08. The third-order valence-electron chi connectivity index (χ3n) is 1.56. The summed E-state index contributed by atoms with van der Waals surface area (Å²) in [7, 11) is 0. The van der Waals surface area contributed by atoms with Gasteiger partial charge in [0.15, 0.2) is 0 Å². The molecule has 0 radical (unpaired) electrons. The highest BCUT2D eigenvalue weighted by atomic mass is 79.9. The van der Waals surface area contributed by atoms with Crippen molar-refractivity contribution in [1.29, 1.82) is 0 Å². The van der Waals surface area contributed by atoms with Crippen LogP contribution in [-0.4, -0.2) is 30.6 Å². The standard InChI is InChI=1S/C7H11BrO3/c8-4-7(9)11-5-6-2-1-3-10-6/h6H,1-5H2. The van der Waals surface area contributed by atoms with Gasteiger partial charge >= 0.3 is 5.97 Å². The van der Waals surface area contributed by atoms with E-state index in [1.165, 1.54) is 0 Å². The molecule has 1 saturated heterocycles. The molecule has 0 spiro atoms. The maximum atomic E-state index is 10.6. The molecule has 0 aliphatic carbocycles. The van der Waals surface area contributed by atoms with Gasteiger partial charge in [-0.15, -0.1) is 0 Å². The van der Waals surface area contributed by atoms with E-state index in [1.54, 1.807) is 0 Å². The predicted molar refractivity (Wildman–Crippen MR) is 43.7 cm³/mol. The monoisotopic (exact) mass is 222 g/mol. The van der Waals surface area contributed by atoms with Crippen LogP contribution < -0.4 is 0 Å². The zero-order valence-corrected chi connectivity index (χ0v) is 7.80. The molecular weight excluding hydrogens is 212 g/mol. The molecule has 0 amide bonds. The molecule has 64 valence electrons. The number of ether oxygens (including phenoxy) is 2. The molecule has 3 nitrogen and oxygen atoms in total. The van der Waals surface area contributed by atoms with E-state index in [2.05, 4.69) is 15.9 Å². The maximum Gasteiger partial charge on any atom is 0.316 e. The van der Waals surface area contributed by atoms with E-state index in [4.69, 9.17) is 9.47 Å². The first kappa shape index (κ1) is 9.00. The number of esters is 1. The number of carbonyl (C=O) groups excluding carboxylic acids is 1. The Bertz CT molecular complexity index is 132. The Morgan fingerprint density at radius 1 is 1.73 bits per heavy atom. The molecule has 0 saturated carbocycles. The smallest absolute Gasteiger partial charge is 0.316 e. The van der Waals surface area contributed by atoms with E-state index in [1.807, 2.05) is 0 Å². The molecule has 11 heavy (non-hydrogen) atoms. The van der Waals surface area contributed by atoms with Crippen molar-refractivity contribution in [2.75, 3.05) is 18.5 Å². The van der Waals surface area contributed by atoms with Crippen LogP contribution in [0.25, 0.3) is 0 Å². The van der Waals surface area contributed by atoms with Crippen molar-refractivity contribution in [2.45, 2.75) is 18.9 Å². The second-order valence-corrected chi connectivity index (χ2v) is 3.01. The highest BCUT2D eigenvalue weighted by Gasteiger charge is 2.16. The van der Waals surface area contributed by atoms with Crippen LogP contribution in [0.5, 0.6) is 0 Å². The van der Waals surface area contributed by atoms with Crippen LogP contribution in [0, 0.1) is 0 Å². The summed E-state index contributed by atoms with van der Waals surface area (Å²) < 4.78 is 10.1. The quantitative estimate of drug-likeness (QED) is 0.531. The Balaban J connectivity index is 2.06. The van der Waals surface area contributed by atoms with Gasteiger partial charge in [0.1, 0.15) is 11.9 Å². The minimum absolute atomic E-state index is 0.137. The molecule has 1 aliphatic heterocycles. The van der Waals surface area contributed by atoms with Crippen LogP contribution in [0.1, 0.15) is 12.8 Å². The zero-order valence-electron chi connectivity index (χ0n) is 6.22. The Hall–Kier alpha value is -0.0900. The third-order valence-corrected chi connectivity index (χ3v) is 2.02. The van der Waals surface area contributed by atoms with Crippen molar-refractivity contribution in [3.8, 4) is 0 Å². The van der Waals surface area contributed by atoms with Crippen LogP contribution in [0.15, 0.2) is 0 Å². The number of hydrogen-bond donors (Lipinski definition) is 0. The van der Waals surface area contributed by atoms with E-state index >= 15 is 0 Å². The molecule has 0 N–H and O–H groups in total. The summed E-state index contributed by atoms with van der Waals surface area (Å²) in [5, 5.41) is 0.264. The van der Waals surface area contributed by atoms with Gasteiger partial charge in [0.2, 0.25) is 0 Å². The average Bonchev–Trinajstić information content (AvgIpc) is 2.52. The summed E-state index contributed by atoms with van der Waals surface area (Å²) in [6, 6.07) is 0. The lowest BCUT2D eigenvalue weighted by Crippen LogP contribution is -2.18. The molecule has 0 bridgehead atoms. The van der Waals surface area contributed by atoms with Crippen molar-refractivity contribution in [2.24, 2.45) is 0 Å². The Labute approximate surface area is 74.2 Å². The van der Waals surface area contributed by atoms with E-state index in [-0.39, 0.29) is 17.4 Å². The molecule has 1 fully saturated rings. The van der Waals surface area contributed by atoms with Crippen molar-refractivity contribution < 1.29 is 14.3 Å².